The fraction of sp³-hybridized carbons (Fsp3) is 0.455. The Morgan fingerprint density at radius 3 is 2.76 bits per heavy atom. The molecule has 1 aromatic carbocycles. The predicted octanol–water partition coefficient (Wildman–Crippen LogP) is 3.17. The molecule has 0 amide bonds. The molecule has 0 saturated heterocycles. The molecule has 96 valence electrons. The van der Waals surface area contributed by atoms with E-state index in [9.17, 15) is 8.42 Å². The van der Waals surface area contributed by atoms with Crippen LogP contribution in [0.2, 0.25) is 0 Å². The van der Waals surface area contributed by atoms with E-state index in [1.54, 1.807) is 17.8 Å². The van der Waals surface area contributed by atoms with Gasteiger partial charge in [-0.1, -0.05) is 6.07 Å². The van der Waals surface area contributed by atoms with Crippen LogP contribution in [-0.2, 0) is 10.0 Å². The van der Waals surface area contributed by atoms with Gasteiger partial charge in [-0.2, -0.15) is 0 Å². The third-order valence-corrected chi connectivity index (χ3v) is 4.51. The smallest absolute Gasteiger partial charge is 0.232 e. The lowest BCUT2D eigenvalue weighted by atomic mass is 10.3. The van der Waals surface area contributed by atoms with Gasteiger partial charge >= 0.3 is 0 Å². The largest absolute Gasteiger partial charge is 0.284 e. The predicted molar refractivity (Wildman–Crippen MR) is 75.6 cm³/mol. The van der Waals surface area contributed by atoms with E-state index < -0.39 is 10.0 Å². The minimum absolute atomic E-state index is 0.114. The summed E-state index contributed by atoms with van der Waals surface area (Å²) < 4.78 is 26.0. The van der Waals surface area contributed by atoms with Gasteiger partial charge in [0.25, 0.3) is 0 Å². The summed E-state index contributed by atoms with van der Waals surface area (Å²) in [5.74, 6) is 0.612. The van der Waals surface area contributed by atoms with Crippen LogP contribution in [0.25, 0.3) is 0 Å². The molecule has 6 heteroatoms. The molecule has 1 N–H and O–H groups in total. The van der Waals surface area contributed by atoms with E-state index in [1.165, 1.54) is 0 Å². The summed E-state index contributed by atoms with van der Waals surface area (Å²) >= 11 is 7.09. The lowest BCUT2D eigenvalue weighted by molar-refractivity contribution is 0.598. The van der Waals surface area contributed by atoms with Gasteiger partial charge < -0.3 is 0 Å². The molecule has 3 nitrogen and oxygen atoms in total. The zero-order valence-corrected chi connectivity index (χ0v) is 12.0. The molecule has 0 fully saturated rings. The number of thioether (sulfide) groups is 1. The van der Waals surface area contributed by atoms with E-state index in [0.29, 0.717) is 24.4 Å². The molecule has 1 aromatic rings. The van der Waals surface area contributed by atoms with Crippen LogP contribution >= 0.6 is 23.4 Å². The first-order valence-electron chi connectivity index (χ1n) is 5.28. The van der Waals surface area contributed by atoms with Crippen LogP contribution < -0.4 is 4.72 Å². The number of nitrogens with one attached hydrogen (secondary N) is 1. The molecule has 0 aromatic heterocycles. The summed E-state index contributed by atoms with van der Waals surface area (Å²) in [6.45, 7) is 0. The van der Waals surface area contributed by atoms with E-state index in [-0.39, 0.29) is 5.75 Å². The van der Waals surface area contributed by atoms with Gasteiger partial charge in [0.05, 0.1) is 5.75 Å². The maximum Gasteiger partial charge on any atom is 0.232 e. The molecule has 17 heavy (non-hydrogen) atoms. The van der Waals surface area contributed by atoms with Crippen LogP contribution in [-0.4, -0.2) is 26.3 Å². The number of benzene rings is 1. The molecule has 0 atom stereocenters. The molecular weight excluding hydrogens is 278 g/mol. The van der Waals surface area contributed by atoms with Gasteiger partial charge in [0.1, 0.15) is 0 Å². The molecule has 0 heterocycles. The topological polar surface area (TPSA) is 46.2 Å². The van der Waals surface area contributed by atoms with Gasteiger partial charge in [0, 0.05) is 16.5 Å². The van der Waals surface area contributed by atoms with Crippen molar-refractivity contribution in [1.29, 1.82) is 0 Å². The number of anilines is 1. The zero-order valence-electron chi connectivity index (χ0n) is 9.65. The highest BCUT2D eigenvalue weighted by Crippen LogP contribution is 2.19. The number of sulfonamides is 1. The van der Waals surface area contributed by atoms with Crippen molar-refractivity contribution >= 4 is 39.1 Å². The summed E-state index contributed by atoms with van der Waals surface area (Å²) in [5, 5.41) is 0. The number of hydrogen-bond acceptors (Lipinski definition) is 3. The van der Waals surface area contributed by atoms with Crippen molar-refractivity contribution in [2.75, 3.05) is 22.6 Å². The first-order valence-corrected chi connectivity index (χ1v) is 8.69. The Bertz CT molecular complexity index is 449. The fourth-order valence-electron chi connectivity index (χ4n) is 1.30. The van der Waals surface area contributed by atoms with Gasteiger partial charge in [0.2, 0.25) is 10.0 Å². The minimum Gasteiger partial charge on any atom is -0.284 e. The maximum atomic E-state index is 11.7. The van der Waals surface area contributed by atoms with E-state index in [0.717, 1.165) is 4.90 Å². The summed E-state index contributed by atoms with van der Waals surface area (Å²) in [6, 6.07) is 7.35. The number of halogens is 1. The van der Waals surface area contributed by atoms with Crippen LogP contribution in [0.5, 0.6) is 0 Å². The average molecular weight is 294 g/mol. The molecule has 0 unspecified atom stereocenters. The first kappa shape index (κ1) is 14.7. The highest BCUT2D eigenvalue weighted by molar-refractivity contribution is 7.98. The normalized spacial score (nSPS) is 11.4. The zero-order chi connectivity index (χ0) is 12.7. The Labute approximate surface area is 112 Å². The van der Waals surface area contributed by atoms with Gasteiger partial charge in [0.15, 0.2) is 0 Å². The van der Waals surface area contributed by atoms with E-state index in [4.69, 9.17) is 11.6 Å². The number of alkyl halides is 1. The molecular formula is C11H16ClNO2S2. The van der Waals surface area contributed by atoms with Crippen molar-refractivity contribution in [1.82, 2.24) is 0 Å². The lowest BCUT2D eigenvalue weighted by Crippen LogP contribution is -2.16. The van der Waals surface area contributed by atoms with Gasteiger partial charge in [-0.3, -0.25) is 4.72 Å². The molecule has 0 aliphatic heterocycles. The number of rotatable bonds is 7. The lowest BCUT2D eigenvalue weighted by Gasteiger charge is -2.08. The van der Waals surface area contributed by atoms with Crippen molar-refractivity contribution in [3.63, 3.8) is 0 Å². The molecule has 0 spiro atoms. The summed E-state index contributed by atoms with van der Waals surface area (Å²) in [5.41, 5.74) is 0.614. The van der Waals surface area contributed by atoms with E-state index >= 15 is 0 Å². The fourth-order valence-corrected chi connectivity index (χ4v) is 3.12. The van der Waals surface area contributed by atoms with E-state index in [2.05, 4.69) is 4.72 Å². The summed E-state index contributed by atoms with van der Waals surface area (Å²) in [6.07, 6.45) is 3.25. The Morgan fingerprint density at radius 1 is 1.35 bits per heavy atom. The van der Waals surface area contributed by atoms with Crippen molar-refractivity contribution in [2.24, 2.45) is 0 Å². The van der Waals surface area contributed by atoms with Crippen molar-refractivity contribution in [2.45, 2.75) is 17.7 Å². The van der Waals surface area contributed by atoms with Crippen LogP contribution in [0.4, 0.5) is 5.69 Å². The van der Waals surface area contributed by atoms with Gasteiger partial charge in [-0.05, 0) is 37.3 Å². The standard InChI is InChI=1S/C11H16ClNO2S2/c1-16-11-6-4-5-10(9-11)13-17(14,15)8-3-2-7-12/h4-6,9,13H,2-3,7-8H2,1H3. The van der Waals surface area contributed by atoms with E-state index in [1.807, 2.05) is 24.5 Å². The minimum atomic E-state index is -3.25. The number of hydrogen-bond donors (Lipinski definition) is 1. The molecule has 0 aliphatic rings. The Morgan fingerprint density at radius 2 is 2.12 bits per heavy atom. The summed E-state index contributed by atoms with van der Waals surface area (Å²) in [7, 11) is -3.25. The van der Waals surface area contributed by atoms with Crippen molar-refractivity contribution in [3.8, 4) is 0 Å². The van der Waals surface area contributed by atoms with Crippen LogP contribution in [0.1, 0.15) is 12.8 Å². The molecule has 1 rings (SSSR count). The second-order valence-electron chi connectivity index (χ2n) is 3.55. The third kappa shape index (κ3) is 5.66. The van der Waals surface area contributed by atoms with Crippen LogP contribution in [0.3, 0.4) is 0 Å². The van der Waals surface area contributed by atoms with Crippen LogP contribution in [0, 0.1) is 0 Å². The van der Waals surface area contributed by atoms with Crippen LogP contribution in [0.15, 0.2) is 29.2 Å². The molecule has 0 bridgehead atoms. The quantitative estimate of drug-likeness (QED) is 0.477. The number of unbranched alkanes of at least 4 members (excludes halogenated alkanes) is 1. The second kappa shape index (κ2) is 7.13. The second-order valence-corrected chi connectivity index (χ2v) is 6.65. The van der Waals surface area contributed by atoms with Gasteiger partial charge in [-0.25, -0.2) is 8.42 Å². The maximum absolute atomic E-state index is 11.7. The third-order valence-electron chi connectivity index (χ3n) is 2.14. The molecule has 0 saturated carbocycles. The highest BCUT2D eigenvalue weighted by atomic mass is 35.5. The van der Waals surface area contributed by atoms with Gasteiger partial charge in [-0.15, -0.1) is 23.4 Å². The Hall–Kier alpha value is -0.390. The highest BCUT2D eigenvalue weighted by Gasteiger charge is 2.09. The Balaban J connectivity index is 2.62. The monoisotopic (exact) mass is 293 g/mol. The summed E-state index contributed by atoms with van der Waals surface area (Å²) in [4.78, 5) is 1.03. The van der Waals surface area contributed by atoms with Crippen molar-refractivity contribution in [3.05, 3.63) is 24.3 Å². The SMILES string of the molecule is CSc1cccc(NS(=O)(=O)CCCCCl)c1. The van der Waals surface area contributed by atoms with Crippen molar-refractivity contribution < 1.29 is 8.42 Å². The molecule has 0 radical (unpaired) electrons. The average Bonchev–Trinajstić information content (AvgIpc) is 2.29. The first-order chi connectivity index (χ1) is 8.07. The molecule has 0 aliphatic carbocycles. The Kier molecular flexibility index (Phi) is 6.16.